The lowest BCUT2D eigenvalue weighted by Crippen LogP contribution is -2.53. The highest BCUT2D eigenvalue weighted by Gasteiger charge is 2.27. The number of piperazine rings is 1. The quantitative estimate of drug-likeness (QED) is 0.902. The number of nitrogens with zero attached hydrogens (tertiary/aromatic N) is 4. The molecule has 2 heterocycles. The zero-order valence-corrected chi connectivity index (χ0v) is 13.7. The minimum absolute atomic E-state index is 0.241. The lowest BCUT2D eigenvalue weighted by atomic mass is 10.1. The maximum atomic E-state index is 4.54. The summed E-state index contributed by atoms with van der Waals surface area (Å²) < 4.78 is 0.954. The third kappa shape index (κ3) is 3.36. The average molecular weight is 328 g/mol. The first-order valence-electron chi connectivity index (χ1n) is 6.62. The number of halogens is 1. The van der Waals surface area contributed by atoms with Gasteiger partial charge in [0.1, 0.15) is 5.82 Å². The molecule has 0 unspecified atom stereocenters. The van der Waals surface area contributed by atoms with Crippen molar-refractivity contribution in [2.24, 2.45) is 0 Å². The molecule has 1 aromatic rings. The SMILES string of the molecule is CNc1ncc(Br)c(N2CCN(C(C)(C)C)CC2)n1. The van der Waals surface area contributed by atoms with Crippen molar-refractivity contribution in [2.75, 3.05) is 43.4 Å². The Balaban J connectivity index is 2.09. The van der Waals surface area contributed by atoms with Crippen LogP contribution in [0.1, 0.15) is 20.8 Å². The normalized spacial score (nSPS) is 17.6. The van der Waals surface area contributed by atoms with E-state index in [1.54, 1.807) is 0 Å². The Morgan fingerprint density at radius 3 is 2.37 bits per heavy atom. The van der Waals surface area contributed by atoms with Crippen LogP contribution in [0.3, 0.4) is 0 Å². The van der Waals surface area contributed by atoms with Gasteiger partial charge in [-0.3, -0.25) is 4.90 Å². The van der Waals surface area contributed by atoms with Crippen LogP contribution >= 0.6 is 15.9 Å². The molecule has 0 amide bonds. The highest BCUT2D eigenvalue weighted by Crippen LogP contribution is 2.26. The third-order valence-corrected chi connectivity index (χ3v) is 4.04. The lowest BCUT2D eigenvalue weighted by Gasteiger charge is -2.42. The fourth-order valence-corrected chi connectivity index (χ4v) is 2.73. The molecule has 0 bridgehead atoms. The van der Waals surface area contributed by atoms with Crippen molar-refractivity contribution in [3.63, 3.8) is 0 Å². The Hall–Kier alpha value is -0.880. The summed E-state index contributed by atoms with van der Waals surface area (Å²) in [4.78, 5) is 13.6. The summed E-state index contributed by atoms with van der Waals surface area (Å²) >= 11 is 3.54. The molecule has 0 atom stereocenters. The van der Waals surface area contributed by atoms with E-state index in [1.165, 1.54) is 0 Å². The van der Waals surface area contributed by atoms with Crippen molar-refractivity contribution in [2.45, 2.75) is 26.3 Å². The van der Waals surface area contributed by atoms with Crippen molar-refractivity contribution >= 4 is 27.7 Å². The summed E-state index contributed by atoms with van der Waals surface area (Å²) in [6.45, 7) is 10.9. The predicted octanol–water partition coefficient (Wildman–Crippen LogP) is 2.20. The van der Waals surface area contributed by atoms with Gasteiger partial charge in [-0.2, -0.15) is 4.98 Å². The maximum absolute atomic E-state index is 4.54. The average Bonchev–Trinajstić information content (AvgIpc) is 2.38. The molecule has 1 aliphatic rings. The zero-order chi connectivity index (χ0) is 14.0. The van der Waals surface area contributed by atoms with E-state index in [9.17, 15) is 0 Å². The molecule has 1 aromatic heterocycles. The van der Waals surface area contributed by atoms with E-state index in [0.29, 0.717) is 5.95 Å². The predicted molar refractivity (Wildman–Crippen MR) is 82.8 cm³/mol. The molecule has 1 fully saturated rings. The number of rotatable bonds is 2. The molecule has 0 aliphatic carbocycles. The van der Waals surface area contributed by atoms with Crippen molar-refractivity contribution in [1.82, 2.24) is 14.9 Å². The fraction of sp³-hybridized carbons (Fsp3) is 0.692. The van der Waals surface area contributed by atoms with Gasteiger partial charge < -0.3 is 10.2 Å². The first kappa shape index (κ1) is 14.5. The number of nitrogens with one attached hydrogen (secondary N) is 1. The number of hydrogen-bond acceptors (Lipinski definition) is 5. The smallest absolute Gasteiger partial charge is 0.224 e. The van der Waals surface area contributed by atoms with Crippen LogP contribution < -0.4 is 10.2 Å². The van der Waals surface area contributed by atoms with Gasteiger partial charge in [-0.25, -0.2) is 4.98 Å². The van der Waals surface area contributed by atoms with Crippen molar-refractivity contribution in [3.8, 4) is 0 Å². The van der Waals surface area contributed by atoms with Crippen LogP contribution in [0.5, 0.6) is 0 Å². The van der Waals surface area contributed by atoms with Crippen LogP contribution in [-0.4, -0.2) is 53.6 Å². The van der Waals surface area contributed by atoms with Gasteiger partial charge in [0.25, 0.3) is 0 Å². The van der Waals surface area contributed by atoms with Crippen molar-refractivity contribution in [3.05, 3.63) is 10.7 Å². The molecule has 0 aromatic carbocycles. The monoisotopic (exact) mass is 327 g/mol. The first-order valence-corrected chi connectivity index (χ1v) is 7.41. The molecule has 0 radical (unpaired) electrons. The Morgan fingerprint density at radius 2 is 1.84 bits per heavy atom. The molecule has 106 valence electrons. The van der Waals surface area contributed by atoms with E-state index in [1.807, 2.05) is 13.2 Å². The number of hydrogen-bond donors (Lipinski definition) is 1. The van der Waals surface area contributed by atoms with Crippen LogP contribution in [-0.2, 0) is 0 Å². The second-order valence-electron chi connectivity index (χ2n) is 5.76. The van der Waals surface area contributed by atoms with Gasteiger partial charge in [-0.15, -0.1) is 0 Å². The Morgan fingerprint density at radius 1 is 1.21 bits per heavy atom. The number of aromatic nitrogens is 2. The summed E-state index contributed by atoms with van der Waals surface area (Å²) in [5.74, 6) is 1.64. The summed E-state index contributed by atoms with van der Waals surface area (Å²) in [6.07, 6.45) is 1.81. The van der Waals surface area contributed by atoms with E-state index in [4.69, 9.17) is 0 Å². The molecule has 6 heteroatoms. The molecule has 0 spiro atoms. The second-order valence-corrected chi connectivity index (χ2v) is 6.61. The lowest BCUT2D eigenvalue weighted by molar-refractivity contribution is 0.128. The van der Waals surface area contributed by atoms with E-state index in [0.717, 1.165) is 36.5 Å². The van der Waals surface area contributed by atoms with Gasteiger partial charge in [0.05, 0.1) is 4.47 Å². The third-order valence-electron chi connectivity index (χ3n) is 3.48. The summed E-state index contributed by atoms with van der Waals surface area (Å²) in [5.41, 5.74) is 0.241. The van der Waals surface area contributed by atoms with Crippen LogP contribution in [0.4, 0.5) is 11.8 Å². The summed E-state index contributed by atoms with van der Waals surface area (Å²) in [5, 5.41) is 2.99. The van der Waals surface area contributed by atoms with Gasteiger partial charge in [-0.05, 0) is 36.7 Å². The van der Waals surface area contributed by atoms with Crippen molar-refractivity contribution < 1.29 is 0 Å². The number of anilines is 2. The van der Waals surface area contributed by atoms with Crippen LogP contribution in [0.2, 0.25) is 0 Å². The highest BCUT2D eigenvalue weighted by molar-refractivity contribution is 9.10. The topological polar surface area (TPSA) is 44.3 Å². The molecule has 2 rings (SSSR count). The molecular weight excluding hydrogens is 306 g/mol. The van der Waals surface area contributed by atoms with Gasteiger partial charge in [0, 0.05) is 45.0 Å². The van der Waals surface area contributed by atoms with Gasteiger partial charge in [-0.1, -0.05) is 0 Å². The molecular formula is C13H22BrN5. The van der Waals surface area contributed by atoms with E-state index in [-0.39, 0.29) is 5.54 Å². The van der Waals surface area contributed by atoms with Gasteiger partial charge >= 0.3 is 0 Å². The van der Waals surface area contributed by atoms with E-state index in [2.05, 4.69) is 61.8 Å². The Kier molecular flexibility index (Phi) is 4.30. The van der Waals surface area contributed by atoms with Crippen molar-refractivity contribution in [1.29, 1.82) is 0 Å². The largest absolute Gasteiger partial charge is 0.357 e. The second kappa shape index (κ2) is 5.63. The minimum Gasteiger partial charge on any atom is -0.357 e. The zero-order valence-electron chi connectivity index (χ0n) is 12.1. The molecule has 1 N–H and O–H groups in total. The molecule has 19 heavy (non-hydrogen) atoms. The van der Waals surface area contributed by atoms with Crippen LogP contribution in [0.15, 0.2) is 10.7 Å². The van der Waals surface area contributed by atoms with E-state index < -0.39 is 0 Å². The standard InChI is InChI=1S/C13H22BrN5/c1-13(2,3)19-7-5-18(6-8-19)11-10(14)9-16-12(15-4)17-11/h9H,5-8H2,1-4H3,(H,15,16,17). The molecule has 1 saturated heterocycles. The summed E-state index contributed by atoms with van der Waals surface area (Å²) in [7, 11) is 1.84. The fourth-order valence-electron chi connectivity index (χ4n) is 2.29. The van der Waals surface area contributed by atoms with Crippen LogP contribution in [0, 0.1) is 0 Å². The Bertz CT molecular complexity index is 435. The van der Waals surface area contributed by atoms with Crippen LogP contribution in [0.25, 0.3) is 0 Å². The highest BCUT2D eigenvalue weighted by atomic mass is 79.9. The molecule has 5 nitrogen and oxygen atoms in total. The molecule has 0 saturated carbocycles. The maximum Gasteiger partial charge on any atom is 0.224 e. The van der Waals surface area contributed by atoms with E-state index >= 15 is 0 Å². The molecule has 1 aliphatic heterocycles. The minimum atomic E-state index is 0.241. The van der Waals surface area contributed by atoms with Gasteiger partial charge in [0.2, 0.25) is 5.95 Å². The van der Waals surface area contributed by atoms with Gasteiger partial charge in [0.15, 0.2) is 0 Å². The Labute approximate surface area is 123 Å². The first-order chi connectivity index (χ1) is 8.91. The summed E-state index contributed by atoms with van der Waals surface area (Å²) in [6, 6.07) is 0.